The van der Waals surface area contributed by atoms with Gasteiger partial charge in [0, 0.05) is 31.3 Å². The Morgan fingerprint density at radius 1 is 1.06 bits per heavy atom. The summed E-state index contributed by atoms with van der Waals surface area (Å²) in [4.78, 5) is 4.42. The van der Waals surface area contributed by atoms with Crippen molar-refractivity contribution in [3.8, 4) is 11.5 Å². The first-order valence-electron chi connectivity index (χ1n) is 11.7. The fourth-order valence-corrected chi connectivity index (χ4v) is 4.74. The molecule has 0 amide bonds. The van der Waals surface area contributed by atoms with Crippen LogP contribution in [0, 0.1) is 30.6 Å². The molecule has 0 fully saturated rings. The van der Waals surface area contributed by atoms with Gasteiger partial charge in [0.05, 0.1) is 5.69 Å². The van der Waals surface area contributed by atoms with Crippen LogP contribution in [0.1, 0.15) is 44.3 Å². The maximum absolute atomic E-state index is 6.03. The molecule has 0 bridgehead atoms. The van der Waals surface area contributed by atoms with Crippen LogP contribution in [0.25, 0.3) is 11.5 Å². The summed E-state index contributed by atoms with van der Waals surface area (Å²) in [5.41, 5.74) is 4.72. The van der Waals surface area contributed by atoms with E-state index in [2.05, 4.69) is 72.5 Å². The first-order valence-corrected chi connectivity index (χ1v) is 11.7. The first-order chi connectivity index (χ1) is 15.5. The van der Waals surface area contributed by atoms with Gasteiger partial charge in [0.1, 0.15) is 0 Å². The zero-order valence-electron chi connectivity index (χ0n) is 19.6. The molecule has 1 aliphatic carbocycles. The lowest BCUT2D eigenvalue weighted by Crippen LogP contribution is -2.34. The number of nitrogens with zero attached hydrogens (tertiary/aromatic N) is 3. The van der Waals surface area contributed by atoms with Crippen molar-refractivity contribution in [3.63, 3.8) is 0 Å². The number of hydrogen-bond acceptors (Lipinski definition) is 5. The quantitative estimate of drug-likeness (QED) is 0.470. The van der Waals surface area contributed by atoms with Crippen LogP contribution in [0.15, 0.2) is 64.7 Å². The van der Waals surface area contributed by atoms with Crippen molar-refractivity contribution >= 4 is 0 Å². The van der Waals surface area contributed by atoms with E-state index in [-0.39, 0.29) is 0 Å². The predicted molar refractivity (Wildman–Crippen MR) is 128 cm³/mol. The maximum atomic E-state index is 6.03. The normalized spacial score (nSPS) is 21.0. The van der Waals surface area contributed by atoms with E-state index in [1.165, 1.54) is 11.1 Å². The van der Waals surface area contributed by atoms with Gasteiger partial charge in [-0.1, -0.05) is 49.3 Å². The fourth-order valence-electron chi connectivity index (χ4n) is 4.74. The minimum atomic E-state index is 0.445. The Morgan fingerprint density at radius 2 is 1.88 bits per heavy atom. The maximum Gasteiger partial charge on any atom is 0.247 e. The molecule has 1 aliphatic rings. The number of aromatic nitrogens is 3. The summed E-state index contributed by atoms with van der Waals surface area (Å²) in [6.07, 6.45) is 6.28. The largest absolute Gasteiger partial charge is 0.421 e. The topological polar surface area (TPSA) is 63.8 Å². The molecular weight excluding hydrogens is 396 g/mol. The molecule has 4 rings (SSSR count). The van der Waals surface area contributed by atoms with Gasteiger partial charge in [-0.15, -0.1) is 10.2 Å². The SMILES string of the molecule is CC1=C[C@@H](CNCc2ccccn2)[C@H](C(C)C)C[C@H]1Cc1nnc(-c2ccc(C)cc2)o1. The molecule has 3 atom stereocenters. The molecule has 0 saturated heterocycles. The molecule has 3 aromatic rings. The third kappa shape index (κ3) is 5.52. The van der Waals surface area contributed by atoms with Crippen LogP contribution in [-0.4, -0.2) is 21.7 Å². The van der Waals surface area contributed by atoms with Crippen LogP contribution < -0.4 is 5.32 Å². The summed E-state index contributed by atoms with van der Waals surface area (Å²) in [7, 11) is 0. The highest BCUT2D eigenvalue weighted by atomic mass is 16.4. The Labute approximate surface area is 191 Å². The standard InChI is InChI=1S/C27H34N4O/c1-18(2)25-14-22(15-26-30-31-27(32-26)21-10-8-19(3)9-11-21)20(4)13-23(25)16-28-17-24-7-5-6-12-29-24/h5-13,18,22-23,25,28H,14-17H2,1-4H3/t22-,23-,25-/m0/s1. The van der Waals surface area contributed by atoms with Crippen molar-refractivity contribution < 1.29 is 4.42 Å². The molecule has 5 heteroatoms. The molecule has 2 aromatic heterocycles. The average molecular weight is 431 g/mol. The smallest absolute Gasteiger partial charge is 0.247 e. The molecular formula is C27H34N4O. The lowest BCUT2D eigenvalue weighted by Gasteiger charge is -2.37. The summed E-state index contributed by atoms with van der Waals surface area (Å²) in [5.74, 6) is 3.55. The lowest BCUT2D eigenvalue weighted by atomic mass is 9.70. The van der Waals surface area contributed by atoms with E-state index < -0.39 is 0 Å². The van der Waals surface area contributed by atoms with Crippen LogP contribution >= 0.6 is 0 Å². The summed E-state index contributed by atoms with van der Waals surface area (Å²) < 4.78 is 6.03. The van der Waals surface area contributed by atoms with Crippen molar-refractivity contribution in [1.29, 1.82) is 0 Å². The van der Waals surface area contributed by atoms with Gasteiger partial charge in [0.15, 0.2) is 0 Å². The molecule has 32 heavy (non-hydrogen) atoms. The van der Waals surface area contributed by atoms with Crippen LogP contribution in [0.2, 0.25) is 0 Å². The fraction of sp³-hybridized carbons (Fsp3) is 0.444. The summed E-state index contributed by atoms with van der Waals surface area (Å²) >= 11 is 0. The molecule has 0 spiro atoms. The van der Waals surface area contributed by atoms with Crippen molar-refractivity contribution in [2.24, 2.45) is 23.7 Å². The van der Waals surface area contributed by atoms with E-state index in [4.69, 9.17) is 4.42 Å². The van der Waals surface area contributed by atoms with E-state index >= 15 is 0 Å². The molecule has 0 unspecified atom stereocenters. The van der Waals surface area contributed by atoms with Gasteiger partial charge in [-0.2, -0.15) is 0 Å². The molecule has 168 valence electrons. The van der Waals surface area contributed by atoms with E-state index in [0.717, 1.165) is 43.1 Å². The zero-order chi connectivity index (χ0) is 22.5. The van der Waals surface area contributed by atoms with Gasteiger partial charge >= 0.3 is 0 Å². The van der Waals surface area contributed by atoms with Crippen LogP contribution in [-0.2, 0) is 13.0 Å². The lowest BCUT2D eigenvalue weighted by molar-refractivity contribution is 0.218. The highest BCUT2D eigenvalue weighted by Gasteiger charge is 2.32. The number of rotatable bonds is 8. The highest BCUT2D eigenvalue weighted by molar-refractivity contribution is 5.52. The van der Waals surface area contributed by atoms with Gasteiger partial charge in [-0.05, 0) is 68.2 Å². The summed E-state index contributed by atoms with van der Waals surface area (Å²) in [6, 6.07) is 14.3. The van der Waals surface area contributed by atoms with E-state index in [1.807, 2.05) is 30.5 Å². The van der Waals surface area contributed by atoms with E-state index in [1.54, 1.807) is 0 Å². The summed E-state index contributed by atoms with van der Waals surface area (Å²) in [6.45, 7) is 10.8. The highest BCUT2D eigenvalue weighted by Crippen LogP contribution is 2.38. The Morgan fingerprint density at radius 3 is 2.59 bits per heavy atom. The second-order valence-corrected chi connectivity index (χ2v) is 9.44. The zero-order valence-corrected chi connectivity index (χ0v) is 19.6. The van der Waals surface area contributed by atoms with Gasteiger partial charge in [-0.3, -0.25) is 4.98 Å². The third-order valence-corrected chi connectivity index (χ3v) is 6.68. The number of nitrogens with one attached hydrogen (secondary N) is 1. The Balaban J connectivity index is 1.40. The van der Waals surface area contributed by atoms with Crippen molar-refractivity contribution in [1.82, 2.24) is 20.5 Å². The first kappa shape index (κ1) is 22.4. The molecule has 1 aromatic carbocycles. The van der Waals surface area contributed by atoms with Gasteiger partial charge in [0.2, 0.25) is 11.8 Å². The van der Waals surface area contributed by atoms with Crippen molar-refractivity contribution in [2.45, 2.75) is 47.1 Å². The molecule has 1 N–H and O–H groups in total. The molecule has 5 nitrogen and oxygen atoms in total. The predicted octanol–water partition coefficient (Wildman–Crippen LogP) is 5.63. The summed E-state index contributed by atoms with van der Waals surface area (Å²) in [5, 5.41) is 12.3. The third-order valence-electron chi connectivity index (χ3n) is 6.68. The molecule has 0 radical (unpaired) electrons. The molecule has 0 aliphatic heterocycles. The Hall–Kier alpha value is -2.79. The van der Waals surface area contributed by atoms with Gasteiger partial charge in [-0.25, -0.2) is 0 Å². The van der Waals surface area contributed by atoms with Gasteiger partial charge < -0.3 is 9.73 Å². The second-order valence-electron chi connectivity index (χ2n) is 9.44. The number of aryl methyl sites for hydroxylation is 1. The van der Waals surface area contributed by atoms with E-state index in [0.29, 0.717) is 29.6 Å². The van der Waals surface area contributed by atoms with Crippen molar-refractivity contribution in [3.05, 3.63) is 77.5 Å². The second kappa shape index (κ2) is 10.2. The van der Waals surface area contributed by atoms with Crippen LogP contribution in [0.3, 0.4) is 0 Å². The number of pyridine rings is 1. The minimum absolute atomic E-state index is 0.445. The van der Waals surface area contributed by atoms with Crippen LogP contribution in [0.5, 0.6) is 0 Å². The average Bonchev–Trinajstić information content (AvgIpc) is 3.25. The Bertz CT molecular complexity index is 1020. The van der Waals surface area contributed by atoms with Crippen LogP contribution in [0.4, 0.5) is 0 Å². The molecule has 2 heterocycles. The minimum Gasteiger partial charge on any atom is -0.421 e. The van der Waals surface area contributed by atoms with E-state index in [9.17, 15) is 0 Å². The number of allylic oxidation sites excluding steroid dienone is 1. The monoisotopic (exact) mass is 430 g/mol. The van der Waals surface area contributed by atoms with Crippen molar-refractivity contribution in [2.75, 3.05) is 6.54 Å². The number of benzene rings is 1. The Kier molecular flexibility index (Phi) is 7.15. The molecule has 0 saturated carbocycles. The number of hydrogen-bond donors (Lipinski definition) is 1. The van der Waals surface area contributed by atoms with Gasteiger partial charge in [0.25, 0.3) is 0 Å².